The molecule has 0 aromatic carbocycles. The minimum Gasteiger partial charge on any atom is -0.468 e. The summed E-state index contributed by atoms with van der Waals surface area (Å²) in [5.41, 5.74) is 0. The molecule has 0 aliphatic carbocycles. The Morgan fingerprint density at radius 2 is 1.64 bits per heavy atom. The van der Waals surface area contributed by atoms with Crippen molar-refractivity contribution in [1.29, 1.82) is 0 Å². The highest BCUT2D eigenvalue weighted by molar-refractivity contribution is 9.09. The lowest BCUT2D eigenvalue weighted by molar-refractivity contribution is -0.158. The van der Waals surface area contributed by atoms with E-state index in [1.54, 1.807) is 0 Å². The Bertz CT molecular complexity index is 189. The van der Waals surface area contributed by atoms with E-state index in [9.17, 15) is 9.59 Å². The maximum absolute atomic E-state index is 11.3. The molecule has 4 nitrogen and oxygen atoms in total. The van der Waals surface area contributed by atoms with Crippen LogP contribution in [0.1, 0.15) is 19.8 Å². The highest BCUT2D eigenvalue weighted by atomic mass is 79.9. The topological polar surface area (TPSA) is 52.6 Å². The molecular weight excluding hydrogens is 252 g/mol. The number of alkyl halides is 1. The largest absolute Gasteiger partial charge is 0.468 e. The molecule has 0 aliphatic rings. The van der Waals surface area contributed by atoms with Crippen molar-refractivity contribution in [3.05, 3.63) is 0 Å². The molecule has 0 amide bonds. The molecular formula is C9H15BrO4. The van der Waals surface area contributed by atoms with E-state index in [0.29, 0.717) is 0 Å². The van der Waals surface area contributed by atoms with E-state index in [1.165, 1.54) is 14.2 Å². The van der Waals surface area contributed by atoms with Crippen LogP contribution in [0.5, 0.6) is 0 Å². The first-order chi connectivity index (χ1) is 6.58. The molecule has 0 spiro atoms. The van der Waals surface area contributed by atoms with Gasteiger partial charge in [0, 0.05) is 4.83 Å². The molecule has 14 heavy (non-hydrogen) atoms. The summed E-state index contributed by atoms with van der Waals surface area (Å²) in [5.74, 6) is -2.00. The molecule has 0 aromatic heterocycles. The van der Waals surface area contributed by atoms with E-state index in [4.69, 9.17) is 0 Å². The highest BCUT2D eigenvalue weighted by Crippen LogP contribution is 2.21. The number of rotatable bonds is 5. The van der Waals surface area contributed by atoms with Gasteiger partial charge in [0.2, 0.25) is 0 Å². The lowest BCUT2D eigenvalue weighted by Gasteiger charge is -2.17. The number of carbonyl (C=O) groups is 2. The molecule has 1 atom stereocenters. The fourth-order valence-corrected chi connectivity index (χ4v) is 1.98. The molecule has 0 bridgehead atoms. The van der Waals surface area contributed by atoms with Gasteiger partial charge in [-0.1, -0.05) is 29.3 Å². The second-order valence-electron chi connectivity index (χ2n) is 2.83. The summed E-state index contributed by atoms with van der Waals surface area (Å²) in [5, 5.41) is 0. The van der Waals surface area contributed by atoms with Gasteiger partial charge in [0.15, 0.2) is 5.92 Å². The molecule has 0 radical (unpaired) electrons. The maximum Gasteiger partial charge on any atom is 0.321 e. The van der Waals surface area contributed by atoms with Crippen molar-refractivity contribution in [3.63, 3.8) is 0 Å². The summed E-state index contributed by atoms with van der Waals surface area (Å²) in [6, 6.07) is 0. The minimum atomic E-state index is -0.870. The normalized spacial score (nSPS) is 12.4. The Hall–Kier alpha value is -0.580. The third-order valence-corrected chi connectivity index (χ3v) is 2.82. The predicted octanol–water partition coefficient (Wildman–Crippen LogP) is 1.51. The first kappa shape index (κ1) is 13.4. The summed E-state index contributed by atoms with van der Waals surface area (Å²) >= 11 is 3.29. The van der Waals surface area contributed by atoms with E-state index in [2.05, 4.69) is 25.4 Å². The second-order valence-corrected chi connectivity index (χ2v) is 4.00. The fourth-order valence-electron chi connectivity index (χ4n) is 1.09. The molecule has 0 saturated carbocycles. The van der Waals surface area contributed by atoms with Crippen molar-refractivity contribution in [2.45, 2.75) is 24.6 Å². The van der Waals surface area contributed by atoms with E-state index in [1.807, 2.05) is 6.92 Å². The summed E-state index contributed by atoms with van der Waals surface area (Å²) in [6.45, 7) is 1.97. The zero-order valence-corrected chi connectivity index (χ0v) is 10.2. The summed E-state index contributed by atoms with van der Waals surface area (Å²) < 4.78 is 9.07. The lowest BCUT2D eigenvalue weighted by atomic mass is 10.0. The Balaban J connectivity index is 4.54. The smallest absolute Gasteiger partial charge is 0.321 e. The van der Waals surface area contributed by atoms with Crippen LogP contribution in [0.3, 0.4) is 0 Å². The Morgan fingerprint density at radius 1 is 1.21 bits per heavy atom. The van der Waals surface area contributed by atoms with Crippen molar-refractivity contribution >= 4 is 27.9 Å². The van der Waals surface area contributed by atoms with Gasteiger partial charge in [-0.3, -0.25) is 9.59 Å². The summed E-state index contributed by atoms with van der Waals surface area (Å²) in [7, 11) is 2.51. The van der Waals surface area contributed by atoms with Crippen LogP contribution in [0.15, 0.2) is 0 Å². The number of methoxy groups -OCH3 is 2. The average molecular weight is 267 g/mol. The lowest BCUT2D eigenvalue weighted by Crippen LogP contribution is -2.33. The molecule has 1 unspecified atom stereocenters. The van der Waals surface area contributed by atoms with Gasteiger partial charge in [0.05, 0.1) is 14.2 Å². The van der Waals surface area contributed by atoms with Crippen molar-refractivity contribution in [2.24, 2.45) is 5.92 Å². The third kappa shape index (κ3) is 3.65. The van der Waals surface area contributed by atoms with Crippen molar-refractivity contribution in [2.75, 3.05) is 14.2 Å². The minimum absolute atomic E-state index is 0.229. The van der Waals surface area contributed by atoms with E-state index in [0.717, 1.165) is 12.8 Å². The molecule has 0 heterocycles. The number of esters is 2. The van der Waals surface area contributed by atoms with Gasteiger partial charge < -0.3 is 9.47 Å². The predicted molar refractivity (Wildman–Crippen MR) is 55.1 cm³/mol. The van der Waals surface area contributed by atoms with Gasteiger partial charge in [0.1, 0.15) is 0 Å². The summed E-state index contributed by atoms with van der Waals surface area (Å²) in [4.78, 5) is 22.3. The Morgan fingerprint density at radius 3 is 1.93 bits per heavy atom. The van der Waals surface area contributed by atoms with Gasteiger partial charge >= 0.3 is 11.9 Å². The molecule has 0 aromatic rings. The van der Waals surface area contributed by atoms with Crippen molar-refractivity contribution in [3.8, 4) is 0 Å². The monoisotopic (exact) mass is 266 g/mol. The zero-order chi connectivity index (χ0) is 11.1. The first-order valence-electron chi connectivity index (χ1n) is 4.38. The molecule has 5 heteroatoms. The van der Waals surface area contributed by atoms with Crippen molar-refractivity contribution < 1.29 is 19.1 Å². The van der Waals surface area contributed by atoms with E-state index >= 15 is 0 Å². The quantitative estimate of drug-likeness (QED) is 0.430. The number of hydrogen-bond acceptors (Lipinski definition) is 4. The van der Waals surface area contributed by atoms with Gasteiger partial charge in [-0.15, -0.1) is 0 Å². The molecule has 82 valence electrons. The van der Waals surface area contributed by atoms with Crippen LogP contribution in [0.2, 0.25) is 0 Å². The van der Waals surface area contributed by atoms with Gasteiger partial charge in [-0.05, 0) is 6.42 Å². The highest BCUT2D eigenvalue weighted by Gasteiger charge is 2.34. The fraction of sp³-hybridized carbons (Fsp3) is 0.778. The van der Waals surface area contributed by atoms with Crippen LogP contribution < -0.4 is 0 Å². The van der Waals surface area contributed by atoms with Crippen LogP contribution in [-0.2, 0) is 19.1 Å². The van der Waals surface area contributed by atoms with Gasteiger partial charge in [0.25, 0.3) is 0 Å². The third-order valence-electron chi connectivity index (χ3n) is 1.84. The average Bonchev–Trinajstić information content (AvgIpc) is 2.17. The van der Waals surface area contributed by atoms with Gasteiger partial charge in [-0.25, -0.2) is 0 Å². The molecule has 0 N–H and O–H groups in total. The van der Waals surface area contributed by atoms with Crippen molar-refractivity contribution in [1.82, 2.24) is 0 Å². The van der Waals surface area contributed by atoms with Crippen LogP contribution in [0, 0.1) is 5.92 Å². The van der Waals surface area contributed by atoms with Crippen LogP contribution in [0.4, 0.5) is 0 Å². The molecule has 0 saturated heterocycles. The summed E-state index contributed by atoms with van der Waals surface area (Å²) in [6.07, 6.45) is 1.59. The number of ether oxygens (including phenoxy) is 2. The Labute approximate surface area is 92.1 Å². The number of halogens is 1. The first-order valence-corrected chi connectivity index (χ1v) is 5.29. The van der Waals surface area contributed by atoms with E-state index in [-0.39, 0.29) is 4.83 Å². The standard InChI is InChI=1S/C9H15BrO4/c1-4-5-6(10)7(8(11)13-2)9(12)14-3/h6-7H,4-5H2,1-3H3. The molecule has 0 rings (SSSR count). The molecule has 0 fully saturated rings. The Kier molecular flexibility index (Phi) is 6.53. The SMILES string of the molecule is CCCC(Br)C(C(=O)OC)C(=O)OC. The van der Waals surface area contributed by atoms with E-state index < -0.39 is 17.9 Å². The van der Waals surface area contributed by atoms with Gasteiger partial charge in [-0.2, -0.15) is 0 Å². The zero-order valence-electron chi connectivity index (χ0n) is 8.58. The maximum atomic E-state index is 11.3. The van der Waals surface area contributed by atoms with Crippen LogP contribution in [0.25, 0.3) is 0 Å². The second kappa shape index (κ2) is 6.81. The van der Waals surface area contributed by atoms with Crippen LogP contribution >= 0.6 is 15.9 Å². The number of carbonyl (C=O) groups excluding carboxylic acids is 2. The number of hydrogen-bond donors (Lipinski definition) is 0. The van der Waals surface area contributed by atoms with Crippen LogP contribution in [-0.4, -0.2) is 31.0 Å². The molecule has 0 aliphatic heterocycles.